The Morgan fingerprint density at radius 3 is 2.78 bits per heavy atom. The fraction of sp³-hybridized carbons (Fsp3) is 0.533. The Morgan fingerprint density at radius 1 is 1.39 bits per heavy atom. The highest BCUT2D eigenvalue weighted by molar-refractivity contribution is 5.82. The van der Waals surface area contributed by atoms with Crippen molar-refractivity contribution < 1.29 is 4.79 Å². The normalized spacial score (nSPS) is 18.8. The van der Waals surface area contributed by atoms with Gasteiger partial charge in [0.2, 0.25) is 5.91 Å². The summed E-state index contributed by atoms with van der Waals surface area (Å²) >= 11 is 0. The molecule has 3 heteroatoms. The van der Waals surface area contributed by atoms with Gasteiger partial charge in [0.25, 0.3) is 0 Å². The van der Waals surface area contributed by atoms with Crippen LogP contribution < -0.4 is 5.32 Å². The molecule has 2 rings (SSSR count). The van der Waals surface area contributed by atoms with E-state index in [9.17, 15) is 4.79 Å². The molecule has 3 nitrogen and oxygen atoms in total. The molecule has 1 saturated heterocycles. The van der Waals surface area contributed by atoms with Crippen LogP contribution in [0, 0.1) is 0 Å². The van der Waals surface area contributed by atoms with Crippen LogP contribution in [-0.2, 0) is 11.2 Å². The number of nitrogens with one attached hydrogen (secondary N) is 1. The number of amides is 1. The highest BCUT2D eigenvalue weighted by Crippen LogP contribution is 2.09. The number of likely N-dealkylation sites (N-methyl/N-ethyl adjacent to an activating group) is 1. The lowest BCUT2D eigenvalue weighted by atomic mass is 10.1. The molecule has 1 N–H and O–H groups in total. The average molecular weight is 246 g/mol. The molecular weight excluding hydrogens is 224 g/mol. The molecule has 1 aromatic rings. The molecule has 1 amide bonds. The van der Waals surface area contributed by atoms with Gasteiger partial charge in [-0.05, 0) is 38.3 Å². The van der Waals surface area contributed by atoms with Crippen molar-refractivity contribution in [2.45, 2.75) is 32.2 Å². The Bertz CT molecular complexity index is 371. The van der Waals surface area contributed by atoms with Crippen LogP contribution in [0.25, 0.3) is 0 Å². The molecule has 0 unspecified atom stereocenters. The molecule has 0 bridgehead atoms. The number of hydrogen-bond donors (Lipinski definition) is 1. The lowest BCUT2D eigenvalue weighted by molar-refractivity contribution is -0.132. The topological polar surface area (TPSA) is 32.3 Å². The van der Waals surface area contributed by atoms with Crippen LogP contribution >= 0.6 is 0 Å². The molecule has 98 valence electrons. The number of rotatable bonds is 5. The van der Waals surface area contributed by atoms with Gasteiger partial charge in [-0.25, -0.2) is 0 Å². The number of nitrogens with zero attached hydrogens (tertiary/aromatic N) is 1. The van der Waals surface area contributed by atoms with Crippen molar-refractivity contribution in [1.82, 2.24) is 10.2 Å². The van der Waals surface area contributed by atoms with Gasteiger partial charge >= 0.3 is 0 Å². The van der Waals surface area contributed by atoms with Crippen LogP contribution in [0.3, 0.4) is 0 Å². The molecule has 1 atom stereocenters. The Morgan fingerprint density at radius 2 is 2.17 bits per heavy atom. The first kappa shape index (κ1) is 13.1. The van der Waals surface area contributed by atoms with Crippen molar-refractivity contribution in [3.8, 4) is 0 Å². The summed E-state index contributed by atoms with van der Waals surface area (Å²) in [7, 11) is 0. The molecule has 0 spiro atoms. The van der Waals surface area contributed by atoms with Gasteiger partial charge in [0.15, 0.2) is 0 Å². The second-order valence-corrected chi connectivity index (χ2v) is 4.80. The third-order valence-corrected chi connectivity index (χ3v) is 3.57. The summed E-state index contributed by atoms with van der Waals surface area (Å²) in [6, 6.07) is 10.4. The van der Waals surface area contributed by atoms with Crippen molar-refractivity contribution in [2.24, 2.45) is 0 Å². The highest BCUT2D eigenvalue weighted by Gasteiger charge is 2.25. The predicted molar refractivity (Wildman–Crippen MR) is 73.4 cm³/mol. The number of carbonyl (C=O) groups excluding carboxylic acids is 1. The Hall–Kier alpha value is -1.35. The van der Waals surface area contributed by atoms with Gasteiger partial charge < -0.3 is 10.2 Å². The Balaban J connectivity index is 1.87. The van der Waals surface area contributed by atoms with Crippen LogP contribution in [0.5, 0.6) is 0 Å². The van der Waals surface area contributed by atoms with Crippen molar-refractivity contribution in [3.05, 3.63) is 35.9 Å². The van der Waals surface area contributed by atoms with E-state index in [0.717, 1.165) is 38.9 Å². The van der Waals surface area contributed by atoms with E-state index in [1.165, 1.54) is 5.56 Å². The molecule has 1 heterocycles. The first-order valence-electron chi connectivity index (χ1n) is 6.87. The standard InChI is InChI=1S/C15H22N2O/c1-2-17(15(18)14-9-6-11-16-14)12-10-13-7-4-3-5-8-13/h3-5,7-8,14,16H,2,6,9-12H2,1H3/t14-/m1/s1. The van der Waals surface area contributed by atoms with E-state index in [0.29, 0.717) is 0 Å². The maximum Gasteiger partial charge on any atom is 0.239 e. The summed E-state index contributed by atoms with van der Waals surface area (Å²) in [5, 5.41) is 3.28. The average Bonchev–Trinajstić information content (AvgIpc) is 2.94. The smallest absolute Gasteiger partial charge is 0.239 e. The summed E-state index contributed by atoms with van der Waals surface area (Å²) in [5.41, 5.74) is 1.29. The number of benzene rings is 1. The summed E-state index contributed by atoms with van der Waals surface area (Å²) < 4.78 is 0. The minimum Gasteiger partial charge on any atom is -0.341 e. The molecule has 1 aliphatic rings. The van der Waals surface area contributed by atoms with Crippen LogP contribution in [-0.4, -0.2) is 36.5 Å². The first-order chi connectivity index (χ1) is 8.81. The van der Waals surface area contributed by atoms with E-state index in [4.69, 9.17) is 0 Å². The van der Waals surface area contributed by atoms with Gasteiger partial charge in [-0.3, -0.25) is 4.79 Å². The van der Waals surface area contributed by atoms with E-state index < -0.39 is 0 Å². The quantitative estimate of drug-likeness (QED) is 0.859. The van der Waals surface area contributed by atoms with Crippen LogP contribution in [0.4, 0.5) is 0 Å². The summed E-state index contributed by atoms with van der Waals surface area (Å²) in [4.78, 5) is 14.2. The van der Waals surface area contributed by atoms with Crippen molar-refractivity contribution in [1.29, 1.82) is 0 Å². The summed E-state index contributed by atoms with van der Waals surface area (Å²) in [6.45, 7) is 4.64. The van der Waals surface area contributed by atoms with Gasteiger partial charge in [-0.1, -0.05) is 30.3 Å². The first-order valence-corrected chi connectivity index (χ1v) is 6.87. The van der Waals surface area contributed by atoms with Crippen LogP contribution in [0.2, 0.25) is 0 Å². The van der Waals surface area contributed by atoms with Crippen molar-refractivity contribution >= 4 is 5.91 Å². The maximum atomic E-state index is 12.3. The summed E-state index contributed by atoms with van der Waals surface area (Å²) in [6.07, 6.45) is 3.04. The third-order valence-electron chi connectivity index (χ3n) is 3.57. The molecule has 0 radical (unpaired) electrons. The highest BCUT2D eigenvalue weighted by atomic mass is 16.2. The molecule has 0 aliphatic carbocycles. The van der Waals surface area contributed by atoms with Gasteiger partial charge in [-0.15, -0.1) is 0 Å². The van der Waals surface area contributed by atoms with Gasteiger partial charge in [0.05, 0.1) is 6.04 Å². The van der Waals surface area contributed by atoms with Crippen molar-refractivity contribution in [2.75, 3.05) is 19.6 Å². The fourth-order valence-electron chi connectivity index (χ4n) is 2.45. The molecule has 1 aliphatic heterocycles. The van der Waals surface area contributed by atoms with E-state index >= 15 is 0 Å². The van der Waals surface area contributed by atoms with Gasteiger partial charge in [0, 0.05) is 13.1 Å². The van der Waals surface area contributed by atoms with Crippen molar-refractivity contribution in [3.63, 3.8) is 0 Å². The van der Waals surface area contributed by atoms with Crippen LogP contribution in [0.1, 0.15) is 25.3 Å². The van der Waals surface area contributed by atoms with Crippen LogP contribution in [0.15, 0.2) is 30.3 Å². The Kier molecular flexibility index (Phi) is 4.76. The molecule has 0 saturated carbocycles. The SMILES string of the molecule is CCN(CCc1ccccc1)C(=O)[C@H]1CCCN1. The molecule has 1 aromatic carbocycles. The van der Waals surface area contributed by atoms with E-state index in [1.807, 2.05) is 23.1 Å². The van der Waals surface area contributed by atoms with Gasteiger partial charge in [-0.2, -0.15) is 0 Å². The lowest BCUT2D eigenvalue weighted by Crippen LogP contribution is -2.44. The molecule has 0 aromatic heterocycles. The fourth-order valence-corrected chi connectivity index (χ4v) is 2.45. The molecular formula is C15H22N2O. The van der Waals surface area contributed by atoms with E-state index in [1.54, 1.807) is 0 Å². The largest absolute Gasteiger partial charge is 0.341 e. The zero-order valence-corrected chi connectivity index (χ0v) is 11.1. The lowest BCUT2D eigenvalue weighted by Gasteiger charge is -2.24. The van der Waals surface area contributed by atoms with E-state index in [-0.39, 0.29) is 11.9 Å². The summed E-state index contributed by atoms with van der Waals surface area (Å²) in [5.74, 6) is 0.269. The molecule has 1 fully saturated rings. The van der Waals surface area contributed by atoms with E-state index in [2.05, 4.69) is 24.4 Å². The molecule has 18 heavy (non-hydrogen) atoms. The monoisotopic (exact) mass is 246 g/mol. The zero-order chi connectivity index (χ0) is 12.8. The Labute approximate surface area is 109 Å². The predicted octanol–water partition coefficient (Wildman–Crippen LogP) is 1.83. The third kappa shape index (κ3) is 3.33. The minimum atomic E-state index is 0.0562. The minimum absolute atomic E-state index is 0.0562. The van der Waals surface area contributed by atoms with Gasteiger partial charge in [0.1, 0.15) is 0 Å². The maximum absolute atomic E-state index is 12.3. The second kappa shape index (κ2) is 6.55. The number of hydrogen-bond acceptors (Lipinski definition) is 2. The zero-order valence-electron chi connectivity index (χ0n) is 11.1. The number of carbonyl (C=O) groups is 1. The second-order valence-electron chi connectivity index (χ2n) is 4.80.